The van der Waals surface area contributed by atoms with E-state index < -0.39 is 0 Å². The smallest absolute Gasteiger partial charge is 0.106 e. The van der Waals surface area contributed by atoms with E-state index in [-0.39, 0.29) is 11.1 Å². The fraction of sp³-hybridized carbons (Fsp3) is 0.929. The highest BCUT2D eigenvalue weighted by molar-refractivity contribution is 5.09. The minimum atomic E-state index is -0.331. The van der Waals surface area contributed by atoms with E-state index in [0.29, 0.717) is 6.04 Å². The number of rotatable bonds is 7. The Hall–Kier alpha value is -0.590. The van der Waals surface area contributed by atoms with Crippen LogP contribution in [-0.2, 0) is 4.74 Å². The molecule has 0 spiro atoms. The lowest BCUT2D eigenvalue weighted by Gasteiger charge is -2.27. The van der Waals surface area contributed by atoms with Crippen LogP contribution in [0.25, 0.3) is 0 Å². The summed E-state index contributed by atoms with van der Waals surface area (Å²) in [6.07, 6.45) is 5.14. The SMILES string of the molecule is CCC(C#N)(CCCOC(C)(C)C)NC1CC1. The molecule has 0 saturated heterocycles. The van der Waals surface area contributed by atoms with Crippen molar-refractivity contribution in [3.05, 3.63) is 0 Å². The molecule has 1 saturated carbocycles. The first-order valence-electron chi connectivity index (χ1n) is 6.74. The Labute approximate surface area is 106 Å². The molecule has 3 heteroatoms. The second kappa shape index (κ2) is 5.84. The third-order valence-electron chi connectivity index (χ3n) is 3.16. The maximum absolute atomic E-state index is 9.36. The van der Waals surface area contributed by atoms with E-state index in [1.807, 2.05) is 0 Å². The van der Waals surface area contributed by atoms with E-state index in [0.717, 1.165) is 25.9 Å². The van der Waals surface area contributed by atoms with Gasteiger partial charge < -0.3 is 4.74 Å². The van der Waals surface area contributed by atoms with Crippen LogP contribution in [0.1, 0.15) is 59.8 Å². The number of hydrogen-bond donors (Lipinski definition) is 1. The Morgan fingerprint density at radius 1 is 1.35 bits per heavy atom. The number of nitrogens with zero attached hydrogens (tertiary/aromatic N) is 1. The molecule has 1 N–H and O–H groups in total. The first-order valence-corrected chi connectivity index (χ1v) is 6.74. The largest absolute Gasteiger partial charge is 0.376 e. The fourth-order valence-corrected chi connectivity index (χ4v) is 1.89. The molecule has 1 fully saturated rings. The zero-order chi connectivity index (χ0) is 12.9. The van der Waals surface area contributed by atoms with E-state index in [9.17, 15) is 5.26 Å². The van der Waals surface area contributed by atoms with Crippen LogP contribution in [0, 0.1) is 11.3 Å². The zero-order valence-corrected chi connectivity index (χ0v) is 11.7. The third kappa shape index (κ3) is 5.52. The predicted octanol–water partition coefficient (Wildman–Crippen LogP) is 3.01. The molecule has 0 heterocycles. The lowest BCUT2D eigenvalue weighted by molar-refractivity contribution is -0.00632. The average Bonchev–Trinajstić information content (AvgIpc) is 3.05. The lowest BCUT2D eigenvalue weighted by atomic mass is 9.92. The summed E-state index contributed by atoms with van der Waals surface area (Å²) in [5.74, 6) is 0. The first-order chi connectivity index (χ1) is 7.91. The quantitative estimate of drug-likeness (QED) is 0.693. The summed E-state index contributed by atoms with van der Waals surface area (Å²) in [5, 5.41) is 12.8. The lowest BCUT2D eigenvalue weighted by Crippen LogP contribution is -2.45. The molecule has 0 aliphatic heterocycles. The highest BCUT2D eigenvalue weighted by Gasteiger charge is 2.34. The molecule has 1 aliphatic rings. The van der Waals surface area contributed by atoms with Crippen molar-refractivity contribution < 1.29 is 4.74 Å². The molecule has 1 unspecified atom stereocenters. The second-order valence-electron chi connectivity index (χ2n) is 6.03. The third-order valence-corrected chi connectivity index (χ3v) is 3.16. The summed E-state index contributed by atoms with van der Waals surface area (Å²) < 4.78 is 5.70. The van der Waals surface area contributed by atoms with Crippen molar-refractivity contribution in [1.82, 2.24) is 5.32 Å². The van der Waals surface area contributed by atoms with Gasteiger partial charge in [0, 0.05) is 12.6 Å². The number of ether oxygens (including phenoxy) is 1. The van der Waals surface area contributed by atoms with E-state index in [2.05, 4.69) is 39.1 Å². The summed E-state index contributed by atoms with van der Waals surface area (Å²) >= 11 is 0. The van der Waals surface area contributed by atoms with Crippen LogP contribution in [0.15, 0.2) is 0 Å². The van der Waals surface area contributed by atoms with Gasteiger partial charge in [-0.1, -0.05) is 6.92 Å². The van der Waals surface area contributed by atoms with E-state index in [4.69, 9.17) is 4.74 Å². The van der Waals surface area contributed by atoms with Gasteiger partial charge in [0.1, 0.15) is 5.54 Å². The maximum atomic E-state index is 9.36. The molecule has 0 radical (unpaired) electrons. The molecule has 0 aromatic rings. The molecule has 0 bridgehead atoms. The van der Waals surface area contributed by atoms with Gasteiger partial charge in [0.2, 0.25) is 0 Å². The first kappa shape index (κ1) is 14.5. The highest BCUT2D eigenvalue weighted by Crippen LogP contribution is 2.26. The van der Waals surface area contributed by atoms with Crippen molar-refractivity contribution in [2.75, 3.05) is 6.61 Å². The van der Waals surface area contributed by atoms with Gasteiger partial charge in [0.15, 0.2) is 0 Å². The van der Waals surface area contributed by atoms with E-state index in [1.54, 1.807) is 0 Å². The van der Waals surface area contributed by atoms with Gasteiger partial charge in [-0.25, -0.2) is 0 Å². The van der Waals surface area contributed by atoms with Crippen LogP contribution in [0.4, 0.5) is 0 Å². The minimum absolute atomic E-state index is 0.0779. The Balaban J connectivity index is 2.31. The molecule has 98 valence electrons. The average molecular weight is 238 g/mol. The molecule has 1 aliphatic carbocycles. The van der Waals surface area contributed by atoms with Crippen molar-refractivity contribution >= 4 is 0 Å². The highest BCUT2D eigenvalue weighted by atomic mass is 16.5. The molecule has 0 aromatic carbocycles. The maximum Gasteiger partial charge on any atom is 0.106 e. The minimum Gasteiger partial charge on any atom is -0.376 e. The molecular formula is C14H26N2O. The van der Waals surface area contributed by atoms with Crippen molar-refractivity contribution in [3.63, 3.8) is 0 Å². The van der Waals surface area contributed by atoms with Gasteiger partial charge >= 0.3 is 0 Å². The molecular weight excluding hydrogens is 212 g/mol. The fourth-order valence-electron chi connectivity index (χ4n) is 1.89. The van der Waals surface area contributed by atoms with Crippen molar-refractivity contribution in [2.24, 2.45) is 0 Å². The Morgan fingerprint density at radius 2 is 2.00 bits per heavy atom. The Kier molecular flexibility index (Phi) is 4.97. The van der Waals surface area contributed by atoms with Gasteiger partial charge in [-0.3, -0.25) is 5.32 Å². The van der Waals surface area contributed by atoms with E-state index in [1.165, 1.54) is 12.8 Å². The molecule has 1 atom stereocenters. The molecule has 3 nitrogen and oxygen atoms in total. The molecule has 0 amide bonds. The van der Waals surface area contributed by atoms with Gasteiger partial charge in [-0.15, -0.1) is 0 Å². The summed E-state index contributed by atoms with van der Waals surface area (Å²) in [4.78, 5) is 0. The van der Waals surface area contributed by atoms with Crippen molar-refractivity contribution in [1.29, 1.82) is 5.26 Å². The van der Waals surface area contributed by atoms with Crippen molar-refractivity contribution in [2.45, 2.75) is 77.0 Å². The predicted molar refractivity (Wildman–Crippen MR) is 69.7 cm³/mol. The Bertz CT molecular complexity index is 273. The molecule has 0 aromatic heterocycles. The van der Waals surface area contributed by atoms with E-state index >= 15 is 0 Å². The van der Waals surface area contributed by atoms with Gasteiger partial charge in [0.25, 0.3) is 0 Å². The summed E-state index contributed by atoms with van der Waals surface area (Å²) in [7, 11) is 0. The van der Waals surface area contributed by atoms with Crippen LogP contribution in [0.2, 0.25) is 0 Å². The Morgan fingerprint density at radius 3 is 2.41 bits per heavy atom. The van der Waals surface area contributed by atoms with Crippen LogP contribution < -0.4 is 5.32 Å². The normalized spacial score (nSPS) is 19.7. The second-order valence-corrected chi connectivity index (χ2v) is 6.03. The van der Waals surface area contributed by atoms with Crippen LogP contribution in [0.3, 0.4) is 0 Å². The monoisotopic (exact) mass is 238 g/mol. The molecule has 17 heavy (non-hydrogen) atoms. The van der Waals surface area contributed by atoms with Crippen LogP contribution in [-0.4, -0.2) is 23.8 Å². The topological polar surface area (TPSA) is 45.0 Å². The molecule has 1 rings (SSSR count). The number of hydrogen-bond acceptors (Lipinski definition) is 3. The summed E-state index contributed by atoms with van der Waals surface area (Å²) in [5.41, 5.74) is -0.409. The number of nitrogens with one attached hydrogen (secondary N) is 1. The zero-order valence-electron chi connectivity index (χ0n) is 11.7. The standard InChI is InChI=1S/C14H26N2O/c1-5-14(11-15,16-12-7-8-12)9-6-10-17-13(2,3)4/h12,16H,5-10H2,1-4H3. The van der Waals surface area contributed by atoms with Gasteiger partial charge in [-0.2, -0.15) is 5.26 Å². The van der Waals surface area contributed by atoms with Crippen molar-refractivity contribution in [3.8, 4) is 6.07 Å². The van der Waals surface area contributed by atoms with Gasteiger partial charge in [0.05, 0.1) is 11.7 Å². The van der Waals surface area contributed by atoms with Gasteiger partial charge in [-0.05, 0) is 52.9 Å². The number of nitriles is 1. The summed E-state index contributed by atoms with van der Waals surface area (Å²) in [6, 6.07) is 3.05. The van der Waals surface area contributed by atoms with Crippen LogP contribution in [0.5, 0.6) is 0 Å². The summed E-state index contributed by atoms with van der Waals surface area (Å²) in [6.45, 7) is 9.01. The van der Waals surface area contributed by atoms with Crippen LogP contribution >= 0.6 is 0 Å².